The van der Waals surface area contributed by atoms with E-state index in [1.807, 2.05) is 0 Å². The lowest BCUT2D eigenvalue weighted by atomic mass is 10.2. The van der Waals surface area contributed by atoms with Crippen LogP contribution in [0.25, 0.3) is 5.69 Å². The van der Waals surface area contributed by atoms with E-state index < -0.39 is 5.91 Å². The lowest BCUT2D eigenvalue weighted by Crippen LogP contribution is -2.14. The summed E-state index contributed by atoms with van der Waals surface area (Å²) in [5.74, 6) is -1.12. The number of carbonyl (C=O) groups excluding carboxylic acids is 2. The van der Waals surface area contributed by atoms with Crippen LogP contribution in [0, 0.1) is 12.7 Å². The predicted molar refractivity (Wildman–Crippen MR) is 107 cm³/mol. The fraction of sp³-hybridized carbons (Fsp3) is 0.105. The molecule has 2 N–H and O–H groups in total. The summed E-state index contributed by atoms with van der Waals surface area (Å²) < 4.78 is 14.5. The number of halogens is 3. The Hall–Kier alpha value is -2.90. The van der Waals surface area contributed by atoms with Crippen LogP contribution in [0.15, 0.2) is 42.5 Å². The van der Waals surface area contributed by atoms with E-state index in [0.717, 1.165) is 0 Å². The molecule has 0 aliphatic rings. The average molecular weight is 421 g/mol. The molecular weight excluding hydrogens is 406 g/mol. The maximum Gasteiger partial charge on any atom is 0.260 e. The SMILES string of the molecule is CC(=O)Nc1ccc(NC(=O)c2c(C)nn(-c3ccc(F)cc3)c2Cl)c(Cl)c1. The van der Waals surface area contributed by atoms with Gasteiger partial charge in [0.1, 0.15) is 16.5 Å². The van der Waals surface area contributed by atoms with E-state index >= 15 is 0 Å². The standard InChI is InChI=1S/C19H15Cl2FN4O2/c1-10-17(18(21)26(25-10)14-6-3-12(22)4-7-14)19(28)24-16-8-5-13(9-15(16)20)23-11(2)27/h3-9H,1-2H3,(H,23,27)(H,24,28). The van der Waals surface area contributed by atoms with Crippen molar-refractivity contribution in [2.75, 3.05) is 10.6 Å². The number of anilines is 2. The minimum absolute atomic E-state index is 0.0904. The lowest BCUT2D eigenvalue weighted by Gasteiger charge is -2.09. The first-order valence-corrected chi connectivity index (χ1v) is 8.91. The molecule has 0 aliphatic carbocycles. The Bertz CT molecular complexity index is 1060. The van der Waals surface area contributed by atoms with Gasteiger partial charge in [-0.25, -0.2) is 9.07 Å². The van der Waals surface area contributed by atoms with E-state index in [0.29, 0.717) is 22.8 Å². The van der Waals surface area contributed by atoms with Gasteiger partial charge in [-0.15, -0.1) is 0 Å². The van der Waals surface area contributed by atoms with Crippen LogP contribution in [0.4, 0.5) is 15.8 Å². The van der Waals surface area contributed by atoms with Gasteiger partial charge in [-0.1, -0.05) is 23.2 Å². The molecule has 0 bridgehead atoms. The molecule has 2 amide bonds. The molecule has 3 aromatic rings. The van der Waals surface area contributed by atoms with Crippen LogP contribution in [0.5, 0.6) is 0 Å². The summed E-state index contributed by atoms with van der Waals surface area (Å²) in [5.41, 5.74) is 1.96. The molecule has 0 fully saturated rings. The Balaban J connectivity index is 1.87. The van der Waals surface area contributed by atoms with Gasteiger partial charge < -0.3 is 10.6 Å². The highest BCUT2D eigenvalue weighted by Gasteiger charge is 2.22. The molecule has 3 rings (SSSR count). The second kappa shape index (κ2) is 8.00. The summed E-state index contributed by atoms with van der Waals surface area (Å²) in [5, 5.41) is 9.89. The lowest BCUT2D eigenvalue weighted by molar-refractivity contribution is -0.114. The highest BCUT2D eigenvalue weighted by atomic mass is 35.5. The Morgan fingerprint density at radius 1 is 1.07 bits per heavy atom. The molecule has 0 unspecified atom stereocenters. The van der Waals surface area contributed by atoms with E-state index in [1.165, 1.54) is 41.9 Å². The minimum Gasteiger partial charge on any atom is -0.326 e. The van der Waals surface area contributed by atoms with E-state index in [-0.39, 0.29) is 27.5 Å². The van der Waals surface area contributed by atoms with Crippen LogP contribution < -0.4 is 10.6 Å². The van der Waals surface area contributed by atoms with Crippen molar-refractivity contribution in [2.45, 2.75) is 13.8 Å². The number of rotatable bonds is 4. The fourth-order valence-electron chi connectivity index (χ4n) is 2.59. The maximum absolute atomic E-state index is 13.1. The van der Waals surface area contributed by atoms with Crippen molar-refractivity contribution in [3.05, 3.63) is 69.7 Å². The molecule has 6 nitrogen and oxygen atoms in total. The molecule has 0 spiro atoms. The molecule has 0 saturated heterocycles. The summed E-state index contributed by atoms with van der Waals surface area (Å²) in [6.07, 6.45) is 0. The maximum atomic E-state index is 13.1. The monoisotopic (exact) mass is 420 g/mol. The van der Waals surface area contributed by atoms with Gasteiger partial charge in [0.25, 0.3) is 5.91 Å². The molecule has 1 aromatic heterocycles. The Labute approximate surface area is 170 Å². The van der Waals surface area contributed by atoms with Crippen molar-refractivity contribution < 1.29 is 14.0 Å². The number of hydrogen-bond acceptors (Lipinski definition) is 3. The van der Waals surface area contributed by atoms with Crippen LogP contribution in [0.1, 0.15) is 23.0 Å². The third-order valence-electron chi connectivity index (χ3n) is 3.84. The molecular formula is C19H15Cl2FN4O2. The summed E-state index contributed by atoms with van der Waals surface area (Å²) in [7, 11) is 0. The first-order valence-electron chi connectivity index (χ1n) is 8.16. The Morgan fingerprint density at radius 2 is 1.75 bits per heavy atom. The molecule has 28 heavy (non-hydrogen) atoms. The largest absolute Gasteiger partial charge is 0.326 e. The van der Waals surface area contributed by atoms with E-state index in [2.05, 4.69) is 15.7 Å². The zero-order chi connectivity index (χ0) is 20.4. The number of aromatic nitrogens is 2. The van der Waals surface area contributed by atoms with Crippen LogP contribution in [-0.2, 0) is 4.79 Å². The van der Waals surface area contributed by atoms with Gasteiger partial charge in [0.2, 0.25) is 5.91 Å². The fourth-order valence-corrected chi connectivity index (χ4v) is 3.18. The number of nitrogens with zero attached hydrogens (tertiary/aromatic N) is 2. The molecule has 0 radical (unpaired) electrons. The highest BCUT2D eigenvalue weighted by Crippen LogP contribution is 2.28. The second-order valence-corrected chi connectivity index (χ2v) is 6.73. The van der Waals surface area contributed by atoms with Crippen LogP contribution in [-0.4, -0.2) is 21.6 Å². The Morgan fingerprint density at radius 3 is 2.36 bits per heavy atom. The van der Waals surface area contributed by atoms with Gasteiger partial charge in [-0.05, 0) is 49.4 Å². The van der Waals surface area contributed by atoms with Gasteiger partial charge in [-0.2, -0.15) is 5.10 Å². The number of hydrogen-bond donors (Lipinski definition) is 2. The second-order valence-electron chi connectivity index (χ2n) is 5.97. The van der Waals surface area contributed by atoms with E-state index in [4.69, 9.17) is 23.2 Å². The van der Waals surface area contributed by atoms with Crippen molar-refractivity contribution in [1.82, 2.24) is 9.78 Å². The van der Waals surface area contributed by atoms with Gasteiger partial charge in [0, 0.05) is 12.6 Å². The van der Waals surface area contributed by atoms with Crippen molar-refractivity contribution in [3.8, 4) is 5.69 Å². The van der Waals surface area contributed by atoms with Crippen LogP contribution in [0.3, 0.4) is 0 Å². The summed E-state index contributed by atoms with van der Waals surface area (Å²) in [6.45, 7) is 3.02. The Kier molecular flexibility index (Phi) is 5.67. The van der Waals surface area contributed by atoms with Crippen LogP contribution >= 0.6 is 23.2 Å². The predicted octanol–water partition coefficient (Wildman–Crippen LogP) is 4.84. The van der Waals surface area contributed by atoms with Gasteiger partial charge >= 0.3 is 0 Å². The topological polar surface area (TPSA) is 76.0 Å². The zero-order valence-corrected chi connectivity index (χ0v) is 16.4. The molecule has 0 saturated carbocycles. The van der Waals surface area contributed by atoms with E-state index in [1.54, 1.807) is 19.1 Å². The smallest absolute Gasteiger partial charge is 0.260 e. The third kappa shape index (κ3) is 4.16. The summed E-state index contributed by atoms with van der Waals surface area (Å²) in [6, 6.07) is 10.3. The van der Waals surface area contributed by atoms with Gasteiger partial charge in [0.15, 0.2) is 0 Å². The number of aryl methyl sites for hydroxylation is 1. The van der Waals surface area contributed by atoms with Crippen molar-refractivity contribution in [3.63, 3.8) is 0 Å². The van der Waals surface area contributed by atoms with Crippen LogP contribution in [0.2, 0.25) is 10.2 Å². The molecule has 144 valence electrons. The number of amides is 2. The molecule has 2 aromatic carbocycles. The number of nitrogens with one attached hydrogen (secondary N) is 2. The first kappa shape index (κ1) is 19.9. The molecule has 0 aliphatic heterocycles. The zero-order valence-electron chi connectivity index (χ0n) is 14.9. The van der Waals surface area contributed by atoms with Crippen molar-refractivity contribution in [2.24, 2.45) is 0 Å². The highest BCUT2D eigenvalue weighted by molar-refractivity contribution is 6.36. The normalized spacial score (nSPS) is 10.6. The molecule has 9 heteroatoms. The van der Waals surface area contributed by atoms with Crippen molar-refractivity contribution >= 4 is 46.4 Å². The molecule has 1 heterocycles. The first-order chi connectivity index (χ1) is 13.3. The van der Waals surface area contributed by atoms with E-state index in [9.17, 15) is 14.0 Å². The average Bonchev–Trinajstić information content (AvgIpc) is 2.92. The van der Waals surface area contributed by atoms with Gasteiger partial charge in [0.05, 0.1) is 22.1 Å². The van der Waals surface area contributed by atoms with Gasteiger partial charge in [-0.3, -0.25) is 9.59 Å². The summed E-state index contributed by atoms with van der Waals surface area (Å²) >= 11 is 12.5. The van der Waals surface area contributed by atoms with Crippen molar-refractivity contribution in [1.29, 1.82) is 0 Å². The third-order valence-corrected chi connectivity index (χ3v) is 4.50. The molecule has 0 atom stereocenters. The number of benzene rings is 2. The number of carbonyl (C=O) groups is 2. The minimum atomic E-state index is -0.495. The summed E-state index contributed by atoms with van der Waals surface area (Å²) in [4.78, 5) is 23.8. The quantitative estimate of drug-likeness (QED) is 0.633.